The molecule has 0 saturated heterocycles. The summed E-state index contributed by atoms with van der Waals surface area (Å²) in [5.74, 6) is 0. The molecule has 0 aliphatic heterocycles. The van der Waals surface area contributed by atoms with E-state index >= 15 is 0 Å². The Balaban J connectivity index is 2.13. The molecule has 0 spiro atoms. The number of hydrogen-bond donors (Lipinski definition) is 1. The van der Waals surface area contributed by atoms with Crippen molar-refractivity contribution < 1.29 is 5.11 Å². The average Bonchev–Trinajstić information content (AvgIpc) is 2.53. The highest BCUT2D eigenvalue weighted by Crippen LogP contribution is 2.28. The Kier molecular flexibility index (Phi) is 5.80. The summed E-state index contributed by atoms with van der Waals surface area (Å²) >= 11 is 6.14. The van der Waals surface area contributed by atoms with E-state index in [1.165, 1.54) is 5.56 Å². The predicted octanol–water partition coefficient (Wildman–Crippen LogP) is 4.26. The van der Waals surface area contributed by atoms with Crippen LogP contribution in [0.15, 0.2) is 48.5 Å². The lowest BCUT2D eigenvalue weighted by Crippen LogP contribution is -2.22. The lowest BCUT2D eigenvalue weighted by Gasteiger charge is -2.19. The molecule has 2 rings (SSSR count). The van der Waals surface area contributed by atoms with Gasteiger partial charge in [-0.15, -0.1) is 0 Å². The molecular formula is C18H22ClNO. The summed E-state index contributed by atoms with van der Waals surface area (Å²) in [4.78, 5) is 2.36. The van der Waals surface area contributed by atoms with Crippen molar-refractivity contribution in [3.63, 3.8) is 0 Å². The van der Waals surface area contributed by atoms with Gasteiger partial charge in [0.15, 0.2) is 0 Å². The summed E-state index contributed by atoms with van der Waals surface area (Å²) in [5.41, 5.74) is 2.87. The first-order chi connectivity index (χ1) is 10.2. The van der Waals surface area contributed by atoms with Crippen LogP contribution in [0.1, 0.15) is 36.6 Å². The van der Waals surface area contributed by atoms with Gasteiger partial charge in [-0.3, -0.25) is 4.90 Å². The van der Waals surface area contributed by atoms with Gasteiger partial charge in [-0.05, 0) is 30.3 Å². The molecule has 0 fully saturated rings. The van der Waals surface area contributed by atoms with Gasteiger partial charge in [0.2, 0.25) is 0 Å². The molecule has 0 aliphatic carbocycles. The molecule has 21 heavy (non-hydrogen) atoms. The van der Waals surface area contributed by atoms with E-state index in [1.807, 2.05) is 30.3 Å². The SMILES string of the molecule is CCN(CC)Cc1ccc(C(O)c2ccccc2Cl)cc1. The zero-order valence-corrected chi connectivity index (χ0v) is 13.3. The van der Waals surface area contributed by atoms with Crippen LogP contribution in [-0.2, 0) is 6.54 Å². The van der Waals surface area contributed by atoms with Crippen LogP contribution in [-0.4, -0.2) is 23.1 Å². The van der Waals surface area contributed by atoms with E-state index in [-0.39, 0.29) is 0 Å². The van der Waals surface area contributed by atoms with Gasteiger partial charge in [0, 0.05) is 17.1 Å². The van der Waals surface area contributed by atoms with Crippen molar-refractivity contribution in [2.75, 3.05) is 13.1 Å². The van der Waals surface area contributed by atoms with Crippen molar-refractivity contribution in [1.82, 2.24) is 4.90 Å². The van der Waals surface area contributed by atoms with Gasteiger partial charge in [0.25, 0.3) is 0 Å². The predicted molar refractivity (Wildman–Crippen MR) is 88.6 cm³/mol. The van der Waals surface area contributed by atoms with E-state index in [0.717, 1.165) is 30.8 Å². The zero-order valence-electron chi connectivity index (χ0n) is 12.6. The molecule has 112 valence electrons. The summed E-state index contributed by atoms with van der Waals surface area (Å²) in [6, 6.07) is 15.5. The molecular weight excluding hydrogens is 282 g/mol. The Labute approximate surface area is 132 Å². The molecule has 0 heterocycles. The van der Waals surface area contributed by atoms with E-state index in [2.05, 4.69) is 30.9 Å². The van der Waals surface area contributed by atoms with Crippen LogP contribution >= 0.6 is 11.6 Å². The molecule has 0 aromatic heterocycles. The van der Waals surface area contributed by atoms with Crippen molar-refractivity contribution in [1.29, 1.82) is 0 Å². The van der Waals surface area contributed by atoms with E-state index in [0.29, 0.717) is 5.02 Å². The molecule has 0 bridgehead atoms. The Bertz CT molecular complexity index is 564. The molecule has 0 aliphatic rings. The highest BCUT2D eigenvalue weighted by molar-refractivity contribution is 6.31. The first-order valence-corrected chi connectivity index (χ1v) is 7.77. The highest BCUT2D eigenvalue weighted by Gasteiger charge is 2.13. The second kappa shape index (κ2) is 7.60. The second-order valence-corrected chi connectivity index (χ2v) is 5.53. The fourth-order valence-corrected chi connectivity index (χ4v) is 2.63. The van der Waals surface area contributed by atoms with Crippen LogP contribution < -0.4 is 0 Å². The van der Waals surface area contributed by atoms with Crippen LogP contribution in [0.2, 0.25) is 5.02 Å². The van der Waals surface area contributed by atoms with Crippen molar-refractivity contribution in [2.24, 2.45) is 0 Å². The summed E-state index contributed by atoms with van der Waals surface area (Å²) in [6.45, 7) is 7.36. The smallest absolute Gasteiger partial charge is 0.105 e. The molecule has 1 atom stereocenters. The Morgan fingerprint density at radius 1 is 1.00 bits per heavy atom. The topological polar surface area (TPSA) is 23.5 Å². The van der Waals surface area contributed by atoms with Gasteiger partial charge in [0.1, 0.15) is 6.10 Å². The summed E-state index contributed by atoms with van der Waals surface area (Å²) in [5, 5.41) is 11.0. The highest BCUT2D eigenvalue weighted by atomic mass is 35.5. The Hall–Kier alpha value is -1.35. The van der Waals surface area contributed by atoms with E-state index in [9.17, 15) is 5.11 Å². The minimum atomic E-state index is -0.679. The molecule has 0 amide bonds. The molecule has 3 heteroatoms. The van der Waals surface area contributed by atoms with Gasteiger partial charge in [-0.25, -0.2) is 0 Å². The second-order valence-electron chi connectivity index (χ2n) is 5.13. The van der Waals surface area contributed by atoms with Gasteiger partial charge in [-0.2, -0.15) is 0 Å². The third-order valence-electron chi connectivity index (χ3n) is 3.80. The minimum Gasteiger partial charge on any atom is -0.384 e. The summed E-state index contributed by atoms with van der Waals surface area (Å²) < 4.78 is 0. The normalized spacial score (nSPS) is 12.6. The first-order valence-electron chi connectivity index (χ1n) is 7.39. The summed E-state index contributed by atoms with van der Waals surface area (Å²) in [6.07, 6.45) is -0.679. The lowest BCUT2D eigenvalue weighted by atomic mass is 10.0. The number of hydrogen-bond acceptors (Lipinski definition) is 2. The van der Waals surface area contributed by atoms with E-state index in [1.54, 1.807) is 6.07 Å². The molecule has 0 radical (unpaired) electrons. The van der Waals surface area contributed by atoms with Crippen molar-refractivity contribution in [3.8, 4) is 0 Å². The third-order valence-corrected chi connectivity index (χ3v) is 4.14. The molecule has 2 aromatic rings. The standard InChI is InChI=1S/C18H22ClNO/c1-3-20(4-2)13-14-9-11-15(12-10-14)18(21)16-7-5-6-8-17(16)19/h5-12,18,21H,3-4,13H2,1-2H3. The minimum absolute atomic E-state index is 0.595. The fourth-order valence-electron chi connectivity index (χ4n) is 2.39. The van der Waals surface area contributed by atoms with Crippen LogP contribution in [0.3, 0.4) is 0 Å². The van der Waals surface area contributed by atoms with E-state index < -0.39 is 6.10 Å². The largest absolute Gasteiger partial charge is 0.384 e. The van der Waals surface area contributed by atoms with Gasteiger partial charge < -0.3 is 5.11 Å². The summed E-state index contributed by atoms with van der Waals surface area (Å²) in [7, 11) is 0. The van der Waals surface area contributed by atoms with Crippen LogP contribution in [0.4, 0.5) is 0 Å². The van der Waals surface area contributed by atoms with Crippen molar-refractivity contribution >= 4 is 11.6 Å². The Morgan fingerprint density at radius 3 is 2.19 bits per heavy atom. The molecule has 2 aromatic carbocycles. The number of aliphatic hydroxyl groups excluding tert-OH is 1. The maximum absolute atomic E-state index is 10.4. The third kappa shape index (κ3) is 4.07. The number of rotatable bonds is 6. The monoisotopic (exact) mass is 303 g/mol. The number of aliphatic hydroxyl groups is 1. The zero-order chi connectivity index (χ0) is 15.2. The number of nitrogens with zero attached hydrogens (tertiary/aromatic N) is 1. The fraction of sp³-hybridized carbons (Fsp3) is 0.333. The van der Waals surface area contributed by atoms with Gasteiger partial charge >= 0.3 is 0 Å². The molecule has 1 N–H and O–H groups in total. The van der Waals surface area contributed by atoms with Crippen LogP contribution in [0, 0.1) is 0 Å². The maximum atomic E-state index is 10.4. The first kappa shape index (κ1) is 16.0. The Morgan fingerprint density at radius 2 is 1.62 bits per heavy atom. The maximum Gasteiger partial charge on any atom is 0.105 e. The number of halogens is 1. The average molecular weight is 304 g/mol. The van der Waals surface area contributed by atoms with Crippen molar-refractivity contribution in [3.05, 3.63) is 70.2 Å². The van der Waals surface area contributed by atoms with Crippen LogP contribution in [0.25, 0.3) is 0 Å². The molecule has 2 nitrogen and oxygen atoms in total. The van der Waals surface area contributed by atoms with Crippen molar-refractivity contribution in [2.45, 2.75) is 26.5 Å². The van der Waals surface area contributed by atoms with Gasteiger partial charge in [-0.1, -0.05) is 67.9 Å². The molecule has 1 unspecified atom stereocenters. The number of benzene rings is 2. The van der Waals surface area contributed by atoms with Crippen LogP contribution in [0.5, 0.6) is 0 Å². The van der Waals surface area contributed by atoms with E-state index in [4.69, 9.17) is 11.6 Å². The molecule has 0 saturated carbocycles. The lowest BCUT2D eigenvalue weighted by molar-refractivity contribution is 0.220. The van der Waals surface area contributed by atoms with Gasteiger partial charge in [0.05, 0.1) is 0 Å². The quantitative estimate of drug-likeness (QED) is 0.862.